The molecule has 5 heteroatoms. The number of rotatable bonds is 8. The Hall–Kier alpha value is -3.08. The highest BCUT2D eigenvalue weighted by Gasteiger charge is 2.17. The minimum absolute atomic E-state index is 0.220. The predicted octanol–water partition coefficient (Wildman–Crippen LogP) is 5.32. The molecule has 1 fully saturated rings. The number of carbonyl (C=O) groups is 2. The summed E-state index contributed by atoms with van der Waals surface area (Å²) in [6.07, 6.45) is 8.56. The van der Waals surface area contributed by atoms with Gasteiger partial charge in [-0.1, -0.05) is 25.0 Å². The lowest BCUT2D eigenvalue weighted by Gasteiger charge is -2.16. The highest BCUT2D eigenvalue weighted by molar-refractivity contribution is 5.99. The second-order valence-corrected chi connectivity index (χ2v) is 7.99. The molecular weight excluding hydrogens is 378 g/mol. The molecule has 1 N–H and O–H groups in total. The molecule has 4 rings (SSSR count). The van der Waals surface area contributed by atoms with E-state index in [1.54, 1.807) is 6.20 Å². The van der Waals surface area contributed by atoms with Gasteiger partial charge in [0.25, 0.3) is 0 Å². The smallest absolute Gasteiger partial charge is 0.305 e. The summed E-state index contributed by atoms with van der Waals surface area (Å²) in [4.78, 5) is 26.1. The summed E-state index contributed by atoms with van der Waals surface area (Å²) >= 11 is 0. The van der Waals surface area contributed by atoms with Gasteiger partial charge < -0.3 is 14.5 Å². The fourth-order valence-electron chi connectivity index (χ4n) is 4.22. The Morgan fingerprint density at radius 3 is 2.77 bits per heavy atom. The summed E-state index contributed by atoms with van der Waals surface area (Å²) in [5.74, 6) is 1.24. The van der Waals surface area contributed by atoms with Crippen LogP contribution in [0.5, 0.6) is 5.75 Å². The van der Waals surface area contributed by atoms with E-state index in [0.29, 0.717) is 24.3 Å². The Bertz CT molecular complexity index is 1050. The molecule has 0 amide bonds. The van der Waals surface area contributed by atoms with Gasteiger partial charge in [-0.3, -0.25) is 9.59 Å². The van der Waals surface area contributed by atoms with Crippen LogP contribution >= 0.6 is 0 Å². The summed E-state index contributed by atoms with van der Waals surface area (Å²) in [6, 6.07) is 12.1. The highest BCUT2D eigenvalue weighted by Crippen LogP contribution is 2.35. The van der Waals surface area contributed by atoms with Gasteiger partial charge >= 0.3 is 5.97 Å². The van der Waals surface area contributed by atoms with Crippen LogP contribution in [0.3, 0.4) is 0 Å². The Balaban J connectivity index is 1.67. The maximum atomic E-state index is 11.6. The van der Waals surface area contributed by atoms with E-state index in [2.05, 4.69) is 11.1 Å². The standard InChI is InChI=1S/C25H27NO4/c1-29-25(28)11-7-17-6-10-24(30-16-18-4-2-3-5-18)22(12-17)19-8-9-23-21(13-19)20(15-27)14-26-23/h6,8-10,12-15,18,26H,2-5,7,11,16H2,1H3. The van der Waals surface area contributed by atoms with E-state index >= 15 is 0 Å². The average molecular weight is 405 g/mol. The third kappa shape index (κ3) is 4.40. The summed E-state index contributed by atoms with van der Waals surface area (Å²) in [5, 5.41) is 0.893. The van der Waals surface area contributed by atoms with Crippen molar-refractivity contribution >= 4 is 23.2 Å². The van der Waals surface area contributed by atoms with Crippen LogP contribution in [0.4, 0.5) is 0 Å². The Labute approximate surface area is 176 Å². The van der Waals surface area contributed by atoms with E-state index in [1.807, 2.05) is 30.3 Å². The zero-order valence-electron chi connectivity index (χ0n) is 17.3. The van der Waals surface area contributed by atoms with Crippen molar-refractivity contribution < 1.29 is 19.1 Å². The number of hydrogen-bond donors (Lipinski definition) is 1. The number of nitrogens with one attached hydrogen (secondary N) is 1. The van der Waals surface area contributed by atoms with Crippen LogP contribution in [0.15, 0.2) is 42.6 Å². The number of H-pyrrole nitrogens is 1. The van der Waals surface area contributed by atoms with E-state index < -0.39 is 0 Å². The summed E-state index contributed by atoms with van der Waals surface area (Å²) in [7, 11) is 1.41. The van der Waals surface area contributed by atoms with Gasteiger partial charge in [-0.2, -0.15) is 0 Å². The minimum atomic E-state index is -0.220. The van der Waals surface area contributed by atoms with Gasteiger partial charge in [0.15, 0.2) is 6.29 Å². The number of aryl methyl sites for hydroxylation is 1. The van der Waals surface area contributed by atoms with Crippen LogP contribution in [-0.2, 0) is 16.0 Å². The van der Waals surface area contributed by atoms with E-state index in [-0.39, 0.29) is 5.97 Å². The lowest BCUT2D eigenvalue weighted by atomic mass is 9.98. The predicted molar refractivity (Wildman–Crippen MR) is 117 cm³/mol. The van der Waals surface area contributed by atoms with Gasteiger partial charge in [-0.15, -0.1) is 0 Å². The second kappa shape index (κ2) is 9.16. The van der Waals surface area contributed by atoms with Crippen LogP contribution in [0.25, 0.3) is 22.0 Å². The van der Waals surface area contributed by atoms with Crippen molar-refractivity contribution in [3.63, 3.8) is 0 Å². The van der Waals surface area contributed by atoms with Crippen molar-refractivity contribution in [1.82, 2.24) is 4.98 Å². The molecule has 2 aromatic carbocycles. The largest absolute Gasteiger partial charge is 0.493 e. The highest BCUT2D eigenvalue weighted by atomic mass is 16.5. The number of aromatic nitrogens is 1. The third-order valence-electron chi connectivity index (χ3n) is 5.99. The van der Waals surface area contributed by atoms with Crippen molar-refractivity contribution in [3.05, 3.63) is 53.7 Å². The molecule has 0 spiro atoms. The fraction of sp³-hybridized carbons (Fsp3) is 0.360. The summed E-state index contributed by atoms with van der Waals surface area (Å²) in [6.45, 7) is 0.723. The molecule has 5 nitrogen and oxygen atoms in total. The van der Waals surface area contributed by atoms with Crippen molar-refractivity contribution in [3.8, 4) is 16.9 Å². The first-order chi connectivity index (χ1) is 14.7. The van der Waals surface area contributed by atoms with Gasteiger partial charge in [0, 0.05) is 34.6 Å². The summed E-state index contributed by atoms with van der Waals surface area (Å²) < 4.78 is 11.0. The number of aromatic amines is 1. The average Bonchev–Trinajstić information content (AvgIpc) is 3.45. The molecule has 30 heavy (non-hydrogen) atoms. The Kier molecular flexibility index (Phi) is 6.17. The minimum Gasteiger partial charge on any atom is -0.493 e. The molecule has 156 valence electrons. The van der Waals surface area contributed by atoms with Gasteiger partial charge in [0.05, 0.1) is 13.7 Å². The Morgan fingerprint density at radius 1 is 1.17 bits per heavy atom. The molecule has 3 aromatic rings. The molecule has 1 heterocycles. The first kappa shape index (κ1) is 20.2. The van der Waals surface area contributed by atoms with Crippen molar-refractivity contribution in [2.75, 3.05) is 13.7 Å². The van der Waals surface area contributed by atoms with E-state index in [9.17, 15) is 9.59 Å². The van der Waals surface area contributed by atoms with Crippen molar-refractivity contribution in [1.29, 1.82) is 0 Å². The molecule has 0 radical (unpaired) electrons. The number of benzene rings is 2. The Morgan fingerprint density at radius 2 is 2.00 bits per heavy atom. The van der Waals surface area contributed by atoms with E-state index in [0.717, 1.165) is 46.2 Å². The van der Waals surface area contributed by atoms with E-state index in [1.165, 1.54) is 32.8 Å². The van der Waals surface area contributed by atoms with Gasteiger partial charge in [-0.05, 0) is 60.6 Å². The maximum absolute atomic E-state index is 11.6. The van der Waals surface area contributed by atoms with E-state index in [4.69, 9.17) is 9.47 Å². The normalized spacial score (nSPS) is 14.2. The topological polar surface area (TPSA) is 68.4 Å². The number of methoxy groups -OCH3 is 1. The van der Waals surface area contributed by atoms with Crippen molar-refractivity contribution in [2.45, 2.75) is 38.5 Å². The van der Waals surface area contributed by atoms with Gasteiger partial charge in [0.1, 0.15) is 5.75 Å². The number of hydrogen-bond acceptors (Lipinski definition) is 4. The van der Waals surface area contributed by atoms with Gasteiger partial charge in [0.2, 0.25) is 0 Å². The first-order valence-electron chi connectivity index (χ1n) is 10.6. The number of carbonyl (C=O) groups excluding carboxylic acids is 2. The quantitative estimate of drug-likeness (QED) is 0.407. The molecule has 0 bridgehead atoms. The second-order valence-electron chi connectivity index (χ2n) is 7.99. The number of aldehydes is 1. The third-order valence-corrected chi connectivity index (χ3v) is 5.99. The molecule has 0 unspecified atom stereocenters. The molecule has 1 aliphatic carbocycles. The molecule has 0 aliphatic heterocycles. The fourth-order valence-corrected chi connectivity index (χ4v) is 4.22. The first-order valence-corrected chi connectivity index (χ1v) is 10.6. The SMILES string of the molecule is COC(=O)CCc1ccc(OCC2CCCC2)c(-c2ccc3[nH]cc(C=O)c3c2)c1. The van der Waals surface area contributed by atoms with Crippen LogP contribution in [0.1, 0.15) is 48.0 Å². The maximum Gasteiger partial charge on any atom is 0.305 e. The summed E-state index contributed by atoms with van der Waals surface area (Å²) in [5.41, 5.74) is 4.59. The molecule has 1 aliphatic rings. The molecule has 0 saturated heterocycles. The lowest BCUT2D eigenvalue weighted by molar-refractivity contribution is -0.140. The van der Waals surface area contributed by atoms with Crippen LogP contribution < -0.4 is 4.74 Å². The number of esters is 1. The number of ether oxygens (including phenoxy) is 2. The zero-order valence-corrected chi connectivity index (χ0v) is 17.3. The van der Waals surface area contributed by atoms with Crippen LogP contribution in [-0.4, -0.2) is 31.0 Å². The van der Waals surface area contributed by atoms with Crippen LogP contribution in [0.2, 0.25) is 0 Å². The molecule has 1 aromatic heterocycles. The molecule has 0 atom stereocenters. The van der Waals surface area contributed by atoms with Crippen molar-refractivity contribution in [2.24, 2.45) is 5.92 Å². The molecule has 1 saturated carbocycles. The van der Waals surface area contributed by atoms with Crippen LogP contribution in [0, 0.1) is 5.92 Å². The molecular formula is C25H27NO4. The number of fused-ring (bicyclic) bond motifs is 1. The monoisotopic (exact) mass is 405 g/mol. The zero-order chi connectivity index (χ0) is 20.9. The van der Waals surface area contributed by atoms with Gasteiger partial charge in [-0.25, -0.2) is 0 Å². The lowest BCUT2D eigenvalue weighted by Crippen LogP contribution is -2.09.